The van der Waals surface area contributed by atoms with E-state index >= 15 is 0 Å². The smallest absolute Gasteiger partial charge is 0.341 e. The van der Waals surface area contributed by atoms with E-state index in [1.807, 2.05) is 30.3 Å². The maximum absolute atomic E-state index is 12.8. The lowest BCUT2D eigenvalue weighted by Crippen LogP contribution is -2.18. The van der Waals surface area contributed by atoms with Crippen molar-refractivity contribution >= 4 is 45.7 Å². The van der Waals surface area contributed by atoms with Gasteiger partial charge in [0.15, 0.2) is 0 Å². The predicted octanol–water partition coefficient (Wildman–Crippen LogP) is 5.51. The standard InChI is InChI=1S/C25H26N2O3S2/c1-2-30-25(29)23-20-13-8-17(16-6-4-3-5-7-16)14-21(20)32-24(23)27-22(28)15-31-19-11-9-18(26)10-12-19/h3-7,9-12,17H,2,8,13-15,26H2,1H3,(H,27,28). The molecule has 1 heterocycles. The maximum Gasteiger partial charge on any atom is 0.341 e. The molecule has 0 radical (unpaired) electrons. The number of anilines is 2. The van der Waals surface area contributed by atoms with E-state index in [4.69, 9.17) is 10.5 Å². The molecule has 1 aromatic heterocycles. The number of nitrogen functional groups attached to an aromatic ring is 1. The fourth-order valence-corrected chi connectivity index (χ4v) is 6.01. The molecule has 2 aromatic carbocycles. The number of hydrogen-bond acceptors (Lipinski definition) is 6. The Hall–Kier alpha value is -2.77. The highest BCUT2D eigenvalue weighted by Crippen LogP contribution is 2.42. The molecule has 1 unspecified atom stereocenters. The molecule has 7 heteroatoms. The van der Waals surface area contributed by atoms with Crippen molar-refractivity contribution < 1.29 is 14.3 Å². The fraction of sp³-hybridized carbons (Fsp3) is 0.280. The van der Waals surface area contributed by atoms with Crippen LogP contribution in [0.4, 0.5) is 10.7 Å². The Balaban J connectivity index is 1.52. The molecule has 1 aliphatic rings. The summed E-state index contributed by atoms with van der Waals surface area (Å²) in [5, 5.41) is 3.58. The van der Waals surface area contributed by atoms with Crippen molar-refractivity contribution in [3.8, 4) is 0 Å². The van der Waals surface area contributed by atoms with E-state index in [9.17, 15) is 9.59 Å². The van der Waals surface area contributed by atoms with Crippen LogP contribution in [0, 0.1) is 0 Å². The molecule has 5 nitrogen and oxygen atoms in total. The number of amides is 1. The minimum absolute atomic E-state index is 0.143. The molecule has 0 bridgehead atoms. The number of thioether (sulfide) groups is 1. The van der Waals surface area contributed by atoms with Gasteiger partial charge in [0.2, 0.25) is 5.91 Å². The van der Waals surface area contributed by atoms with Gasteiger partial charge in [0, 0.05) is 15.5 Å². The van der Waals surface area contributed by atoms with Crippen LogP contribution in [0.15, 0.2) is 59.5 Å². The van der Waals surface area contributed by atoms with Crippen molar-refractivity contribution in [1.82, 2.24) is 0 Å². The average Bonchev–Trinajstić information content (AvgIpc) is 3.16. The number of esters is 1. The molecule has 0 saturated heterocycles. The van der Waals surface area contributed by atoms with Crippen LogP contribution >= 0.6 is 23.1 Å². The number of benzene rings is 2. The first-order valence-corrected chi connectivity index (χ1v) is 12.5. The Morgan fingerprint density at radius 1 is 1.16 bits per heavy atom. The summed E-state index contributed by atoms with van der Waals surface area (Å²) in [7, 11) is 0. The van der Waals surface area contributed by atoms with E-state index in [0.29, 0.717) is 28.8 Å². The summed E-state index contributed by atoms with van der Waals surface area (Å²) in [4.78, 5) is 27.6. The Morgan fingerprint density at radius 3 is 2.62 bits per heavy atom. The zero-order valence-electron chi connectivity index (χ0n) is 17.9. The third-order valence-electron chi connectivity index (χ3n) is 5.52. The van der Waals surface area contributed by atoms with E-state index in [0.717, 1.165) is 34.6 Å². The number of nitrogens with two attached hydrogens (primary N) is 1. The van der Waals surface area contributed by atoms with Crippen LogP contribution in [-0.4, -0.2) is 24.2 Å². The molecule has 0 spiro atoms. The number of carbonyl (C=O) groups is 2. The summed E-state index contributed by atoms with van der Waals surface area (Å²) in [6.45, 7) is 2.10. The summed E-state index contributed by atoms with van der Waals surface area (Å²) in [5.41, 5.74) is 9.28. The number of rotatable bonds is 7. The van der Waals surface area contributed by atoms with Gasteiger partial charge in [0.05, 0.1) is 17.9 Å². The monoisotopic (exact) mass is 466 g/mol. The molecule has 1 aliphatic carbocycles. The molecular formula is C25H26N2O3S2. The van der Waals surface area contributed by atoms with Gasteiger partial charge >= 0.3 is 5.97 Å². The minimum Gasteiger partial charge on any atom is -0.462 e. The first-order chi connectivity index (χ1) is 15.5. The van der Waals surface area contributed by atoms with E-state index in [1.54, 1.807) is 6.92 Å². The van der Waals surface area contributed by atoms with Gasteiger partial charge in [-0.1, -0.05) is 30.3 Å². The lowest BCUT2D eigenvalue weighted by Gasteiger charge is -2.23. The molecule has 4 rings (SSSR count). The van der Waals surface area contributed by atoms with Crippen molar-refractivity contribution in [2.24, 2.45) is 0 Å². The zero-order chi connectivity index (χ0) is 22.5. The van der Waals surface area contributed by atoms with Crippen LogP contribution in [0.2, 0.25) is 0 Å². The third-order valence-corrected chi connectivity index (χ3v) is 7.70. The van der Waals surface area contributed by atoms with Crippen LogP contribution in [-0.2, 0) is 22.4 Å². The first-order valence-electron chi connectivity index (χ1n) is 10.7. The highest BCUT2D eigenvalue weighted by atomic mass is 32.2. The maximum atomic E-state index is 12.8. The van der Waals surface area contributed by atoms with Gasteiger partial charge < -0.3 is 15.8 Å². The van der Waals surface area contributed by atoms with Crippen molar-refractivity contribution in [3.05, 3.63) is 76.2 Å². The van der Waals surface area contributed by atoms with Crippen molar-refractivity contribution in [1.29, 1.82) is 0 Å². The largest absolute Gasteiger partial charge is 0.462 e. The fourth-order valence-electron chi connectivity index (χ4n) is 3.98. The first kappa shape index (κ1) is 22.4. The molecular weight excluding hydrogens is 440 g/mol. The predicted molar refractivity (Wildman–Crippen MR) is 132 cm³/mol. The quantitative estimate of drug-likeness (QED) is 0.273. The van der Waals surface area contributed by atoms with E-state index < -0.39 is 0 Å². The molecule has 166 valence electrons. The van der Waals surface area contributed by atoms with Gasteiger partial charge in [0.25, 0.3) is 0 Å². The van der Waals surface area contributed by atoms with Gasteiger partial charge in [-0.15, -0.1) is 23.1 Å². The molecule has 1 amide bonds. The molecule has 0 fully saturated rings. The number of fused-ring (bicyclic) bond motifs is 1. The van der Waals surface area contributed by atoms with E-state index in [1.165, 1.54) is 28.7 Å². The molecule has 0 aliphatic heterocycles. The second-order valence-electron chi connectivity index (χ2n) is 7.68. The molecule has 0 saturated carbocycles. The Morgan fingerprint density at radius 2 is 1.91 bits per heavy atom. The van der Waals surface area contributed by atoms with Gasteiger partial charge in [-0.05, 0) is 67.5 Å². The zero-order valence-corrected chi connectivity index (χ0v) is 19.6. The number of hydrogen-bond donors (Lipinski definition) is 2. The SMILES string of the molecule is CCOC(=O)c1c(NC(=O)CSc2ccc(N)cc2)sc2c1CCC(c1ccccc1)C2. The average molecular weight is 467 g/mol. The van der Waals surface area contributed by atoms with E-state index in [2.05, 4.69) is 29.6 Å². The Kier molecular flexibility index (Phi) is 7.17. The summed E-state index contributed by atoms with van der Waals surface area (Å²) in [6, 6.07) is 17.9. The van der Waals surface area contributed by atoms with Crippen molar-refractivity contribution in [2.45, 2.75) is 37.0 Å². The highest BCUT2D eigenvalue weighted by molar-refractivity contribution is 8.00. The third kappa shape index (κ3) is 5.16. The Bertz CT molecular complexity index is 1090. The lowest BCUT2D eigenvalue weighted by molar-refractivity contribution is -0.113. The molecule has 1 atom stereocenters. The van der Waals surface area contributed by atoms with Gasteiger partial charge in [-0.2, -0.15) is 0 Å². The minimum atomic E-state index is -0.357. The van der Waals surface area contributed by atoms with Gasteiger partial charge in [-0.3, -0.25) is 4.79 Å². The molecule has 3 aromatic rings. The normalized spacial score (nSPS) is 15.1. The van der Waals surface area contributed by atoms with Crippen molar-refractivity contribution in [2.75, 3.05) is 23.4 Å². The topological polar surface area (TPSA) is 81.4 Å². The second-order valence-corrected chi connectivity index (χ2v) is 9.84. The Labute approximate surface area is 196 Å². The summed E-state index contributed by atoms with van der Waals surface area (Å²) >= 11 is 2.94. The van der Waals surface area contributed by atoms with Crippen LogP contribution in [0.3, 0.4) is 0 Å². The highest BCUT2D eigenvalue weighted by Gasteiger charge is 2.30. The molecule has 3 N–H and O–H groups in total. The second kappa shape index (κ2) is 10.2. The number of carbonyl (C=O) groups excluding carboxylic acids is 2. The van der Waals surface area contributed by atoms with Crippen LogP contribution in [0.5, 0.6) is 0 Å². The molecule has 32 heavy (non-hydrogen) atoms. The van der Waals surface area contributed by atoms with Crippen LogP contribution in [0.25, 0.3) is 0 Å². The van der Waals surface area contributed by atoms with E-state index in [-0.39, 0.29) is 17.6 Å². The number of nitrogens with one attached hydrogen (secondary N) is 1. The summed E-state index contributed by atoms with van der Waals surface area (Å²) in [5.74, 6) is 0.170. The summed E-state index contributed by atoms with van der Waals surface area (Å²) < 4.78 is 5.33. The van der Waals surface area contributed by atoms with Crippen LogP contribution < -0.4 is 11.1 Å². The summed E-state index contributed by atoms with van der Waals surface area (Å²) in [6.07, 6.45) is 2.64. The van der Waals surface area contributed by atoms with Gasteiger partial charge in [0.1, 0.15) is 5.00 Å². The lowest BCUT2D eigenvalue weighted by atomic mass is 9.83. The number of ether oxygens (including phenoxy) is 1. The number of thiophene rings is 1. The van der Waals surface area contributed by atoms with Gasteiger partial charge in [-0.25, -0.2) is 4.79 Å². The van der Waals surface area contributed by atoms with Crippen molar-refractivity contribution in [3.63, 3.8) is 0 Å². The van der Waals surface area contributed by atoms with Crippen LogP contribution in [0.1, 0.15) is 45.6 Å².